The molecule has 0 spiro atoms. The molecule has 0 saturated carbocycles. The predicted molar refractivity (Wildman–Crippen MR) is 67.1 cm³/mol. The first-order chi connectivity index (χ1) is 9.22. The molecule has 2 aromatic rings. The Labute approximate surface area is 111 Å². The van der Waals surface area contributed by atoms with Crippen molar-refractivity contribution >= 4 is 0 Å². The number of piperidine rings is 1. The van der Waals surface area contributed by atoms with Crippen molar-refractivity contribution in [1.82, 2.24) is 15.0 Å². The standard InChI is InChI=1S/C13H17N3O3/c1-9-2-4-16(6-11(9)17)7-12-14-13(15-19-12)10-3-5-18-8-10/h3,5,8-9,11,17H,2,4,6-7H2,1H3. The molecule has 6 nitrogen and oxygen atoms in total. The van der Waals surface area contributed by atoms with E-state index in [-0.39, 0.29) is 6.10 Å². The Morgan fingerprint density at radius 1 is 1.53 bits per heavy atom. The molecule has 1 saturated heterocycles. The number of hydrogen-bond donors (Lipinski definition) is 1. The molecule has 0 bridgehead atoms. The highest BCUT2D eigenvalue weighted by Gasteiger charge is 2.25. The molecule has 2 unspecified atom stereocenters. The van der Waals surface area contributed by atoms with Crippen molar-refractivity contribution in [3.63, 3.8) is 0 Å². The maximum atomic E-state index is 9.86. The molecule has 3 rings (SSSR count). The molecule has 3 heterocycles. The van der Waals surface area contributed by atoms with Crippen LogP contribution in [-0.4, -0.2) is 39.3 Å². The average Bonchev–Trinajstić information content (AvgIpc) is 3.04. The fourth-order valence-electron chi connectivity index (χ4n) is 2.28. The van der Waals surface area contributed by atoms with Gasteiger partial charge in [0.15, 0.2) is 0 Å². The van der Waals surface area contributed by atoms with Crippen molar-refractivity contribution in [2.24, 2.45) is 5.92 Å². The highest BCUT2D eigenvalue weighted by molar-refractivity contribution is 5.51. The zero-order valence-corrected chi connectivity index (χ0v) is 10.8. The maximum absolute atomic E-state index is 9.86. The van der Waals surface area contributed by atoms with Gasteiger partial charge in [-0.05, 0) is 24.9 Å². The van der Waals surface area contributed by atoms with E-state index in [1.807, 2.05) is 0 Å². The summed E-state index contributed by atoms with van der Waals surface area (Å²) in [7, 11) is 0. The van der Waals surface area contributed by atoms with E-state index < -0.39 is 0 Å². The molecule has 1 aliphatic rings. The van der Waals surface area contributed by atoms with Crippen molar-refractivity contribution in [2.45, 2.75) is 26.0 Å². The van der Waals surface area contributed by atoms with Crippen LogP contribution in [0.25, 0.3) is 11.4 Å². The van der Waals surface area contributed by atoms with Crippen LogP contribution in [-0.2, 0) is 6.54 Å². The van der Waals surface area contributed by atoms with E-state index >= 15 is 0 Å². The van der Waals surface area contributed by atoms with Gasteiger partial charge in [0.2, 0.25) is 11.7 Å². The second kappa shape index (κ2) is 5.14. The third-order valence-electron chi connectivity index (χ3n) is 3.61. The van der Waals surface area contributed by atoms with E-state index in [0.29, 0.717) is 30.7 Å². The van der Waals surface area contributed by atoms with Crippen LogP contribution in [0.4, 0.5) is 0 Å². The first-order valence-electron chi connectivity index (χ1n) is 6.48. The summed E-state index contributed by atoms with van der Waals surface area (Å²) in [5.41, 5.74) is 0.808. The number of rotatable bonds is 3. The van der Waals surface area contributed by atoms with Crippen LogP contribution in [0.5, 0.6) is 0 Å². The van der Waals surface area contributed by atoms with E-state index in [1.54, 1.807) is 18.6 Å². The Kier molecular flexibility index (Phi) is 3.35. The average molecular weight is 263 g/mol. The molecule has 102 valence electrons. The van der Waals surface area contributed by atoms with Gasteiger partial charge in [-0.1, -0.05) is 12.1 Å². The van der Waals surface area contributed by atoms with E-state index in [2.05, 4.69) is 22.0 Å². The minimum absolute atomic E-state index is 0.273. The van der Waals surface area contributed by atoms with E-state index in [4.69, 9.17) is 8.94 Å². The highest BCUT2D eigenvalue weighted by Crippen LogP contribution is 2.20. The third-order valence-corrected chi connectivity index (χ3v) is 3.61. The molecule has 19 heavy (non-hydrogen) atoms. The molecule has 0 radical (unpaired) electrons. The first kappa shape index (κ1) is 12.4. The lowest BCUT2D eigenvalue weighted by Crippen LogP contribution is -2.42. The Balaban J connectivity index is 1.64. The Morgan fingerprint density at radius 3 is 3.16 bits per heavy atom. The van der Waals surface area contributed by atoms with E-state index in [0.717, 1.165) is 18.5 Å². The Bertz CT molecular complexity index is 523. The van der Waals surface area contributed by atoms with Gasteiger partial charge < -0.3 is 14.0 Å². The molecule has 1 aliphatic heterocycles. The summed E-state index contributed by atoms with van der Waals surface area (Å²) in [6.07, 6.45) is 3.88. The second-order valence-electron chi connectivity index (χ2n) is 5.09. The van der Waals surface area contributed by atoms with Crippen molar-refractivity contribution in [3.8, 4) is 11.4 Å². The quantitative estimate of drug-likeness (QED) is 0.905. The van der Waals surface area contributed by atoms with Gasteiger partial charge in [-0.25, -0.2) is 0 Å². The first-order valence-corrected chi connectivity index (χ1v) is 6.48. The summed E-state index contributed by atoms with van der Waals surface area (Å²) < 4.78 is 10.2. The van der Waals surface area contributed by atoms with Gasteiger partial charge in [-0.3, -0.25) is 4.90 Å². The summed E-state index contributed by atoms with van der Waals surface area (Å²) in [5, 5.41) is 13.8. The molecule has 2 aromatic heterocycles. The number of furan rings is 1. The zero-order chi connectivity index (χ0) is 13.2. The summed E-state index contributed by atoms with van der Waals surface area (Å²) in [4.78, 5) is 6.47. The summed E-state index contributed by atoms with van der Waals surface area (Å²) >= 11 is 0. The van der Waals surface area contributed by atoms with Crippen LogP contribution in [0.15, 0.2) is 27.5 Å². The van der Waals surface area contributed by atoms with Gasteiger partial charge in [0, 0.05) is 6.54 Å². The minimum atomic E-state index is -0.273. The van der Waals surface area contributed by atoms with Crippen molar-refractivity contribution in [2.75, 3.05) is 13.1 Å². The molecule has 6 heteroatoms. The van der Waals surface area contributed by atoms with Crippen LogP contribution in [0.2, 0.25) is 0 Å². The lowest BCUT2D eigenvalue weighted by molar-refractivity contribution is 0.0220. The molecule has 2 atom stereocenters. The summed E-state index contributed by atoms with van der Waals surface area (Å²) in [5.74, 6) is 1.47. The lowest BCUT2D eigenvalue weighted by Gasteiger charge is -2.33. The number of hydrogen-bond acceptors (Lipinski definition) is 6. The number of nitrogens with zero attached hydrogens (tertiary/aromatic N) is 3. The van der Waals surface area contributed by atoms with Crippen LogP contribution >= 0.6 is 0 Å². The Morgan fingerprint density at radius 2 is 2.42 bits per heavy atom. The molecular formula is C13H17N3O3. The highest BCUT2D eigenvalue weighted by atomic mass is 16.5. The topological polar surface area (TPSA) is 75.5 Å². The van der Waals surface area contributed by atoms with Crippen LogP contribution in [0, 0.1) is 5.92 Å². The van der Waals surface area contributed by atoms with Crippen molar-refractivity contribution < 1.29 is 14.0 Å². The fraction of sp³-hybridized carbons (Fsp3) is 0.538. The number of β-amino-alcohol motifs (C(OH)–C–C–N with tert-alkyl or cyclic N) is 1. The number of aromatic nitrogens is 2. The van der Waals surface area contributed by atoms with Crippen molar-refractivity contribution in [1.29, 1.82) is 0 Å². The van der Waals surface area contributed by atoms with Gasteiger partial charge >= 0.3 is 0 Å². The van der Waals surface area contributed by atoms with Gasteiger partial charge in [0.25, 0.3) is 0 Å². The van der Waals surface area contributed by atoms with Gasteiger partial charge in [-0.2, -0.15) is 4.98 Å². The van der Waals surface area contributed by atoms with Crippen LogP contribution < -0.4 is 0 Å². The normalized spacial score (nSPS) is 24.7. The smallest absolute Gasteiger partial charge is 0.241 e. The third kappa shape index (κ3) is 2.69. The number of aliphatic hydroxyl groups is 1. The van der Waals surface area contributed by atoms with Crippen molar-refractivity contribution in [3.05, 3.63) is 24.5 Å². The fourth-order valence-corrected chi connectivity index (χ4v) is 2.28. The van der Waals surface area contributed by atoms with Crippen LogP contribution in [0.1, 0.15) is 19.2 Å². The molecule has 0 amide bonds. The van der Waals surface area contributed by atoms with E-state index in [1.165, 1.54) is 0 Å². The molecule has 1 fully saturated rings. The molecule has 0 aliphatic carbocycles. The molecule has 1 N–H and O–H groups in total. The number of likely N-dealkylation sites (tertiary alicyclic amines) is 1. The second-order valence-corrected chi connectivity index (χ2v) is 5.09. The SMILES string of the molecule is CC1CCN(Cc2nc(-c3ccoc3)no2)CC1O. The lowest BCUT2D eigenvalue weighted by atomic mass is 9.96. The van der Waals surface area contributed by atoms with Gasteiger partial charge in [-0.15, -0.1) is 0 Å². The molecular weight excluding hydrogens is 246 g/mol. The molecule has 0 aromatic carbocycles. The number of aliphatic hydroxyl groups excluding tert-OH is 1. The van der Waals surface area contributed by atoms with E-state index in [9.17, 15) is 5.11 Å². The largest absolute Gasteiger partial charge is 0.472 e. The zero-order valence-electron chi connectivity index (χ0n) is 10.8. The summed E-state index contributed by atoms with van der Waals surface area (Å²) in [6.45, 7) is 4.26. The minimum Gasteiger partial charge on any atom is -0.472 e. The predicted octanol–water partition coefficient (Wildman–Crippen LogP) is 1.53. The monoisotopic (exact) mass is 263 g/mol. The van der Waals surface area contributed by atoms with Gasteiger partial charge in [0.1, 0.15) is 6.26 Å². The van der Waals surface area contributed by atoms with Gasteiger partial charge in [0.05, 0.1) is 24.5 Å². The summed E-state index contributed by atoms with van der Waals surface area (Å²) in [6, 6.07) is 1.79. The van der Waals surface area contributed by atoms with Crippen LogP contribution in [0.3, 0.4) is 0 Å². The Hall–Kier alpha value is -1.66. The maximum Gasteiger partial charge on any atom is 0.241 e.